The number of aromatic hydroxyl groups is 1. The SMILES string of the molecule is N#CCC=Cc1ccc(O)c(F)c1F. The Morgan fingerprint density at radius 1 is 1.36 bits per heavy atom. The first-order chi connectivity index (χ1) is 6.66. The van der Waals surface area contributed by atoms with Gasteiger partial charge in [-0.1, -0.05) is 12.2 Å². The summed E-state index contributed by atoms with van der Waals surface area (Å²) >= 11 is 0. The highest BCUT2D eigenvalue weighted by Gasteiger charge is 2.10. The van der Waals surface area contributed by atoms with Gasteiger partial charge in [-0.25, -0.2) is 4.39 Å². The van der Waals surface area contributed by atoms with E-state index >= 15 is 0 Å². The van der Waals surface area contributed by atoms with Crippen molar-refractivity contribution in [3.05, 3.63) is 35.4 Å². The van der Waals surface area contributed by atoms with Crippen LogP contribution in [0.4, 0.5) is 8.78 Å². The van der Waals surface area contributed by atoms with Crippen molar-refractivity contribution in [2.24, 2.45) is 0 Å². The topological polar surface area (TPSA) is 44.0 Å². The molecule has 0 heterocycles. The molecule has 0 aliphatic carbocycles. The van der Waals surface area contributed by atoms with Crippen molar-refractivity contribution >= 4 is 6.08 Å². The molecule has 0 bridgehead atoms. The predicted molar refractivity (Wildman–Crippen MR) is 47.3 cm³/mol. The summed E-state index contributed by atoms with van der Waals surface area (Å²) in [5.74, 6) is -3.11. The molecule has 0 aliphatic heterocycles. The normalized spacial score (nSPS) is 10.4. The fraction of sp³-hybridized carbons (Fsp3) is 0.100. The summed E-state index contributed by atoms with van der Waals surface area (Å²) in [5, 5.41) is 17.0. The van der Waals surface area contributed by atoms with E-state index in [0.29, 0.717) is 0 Å². The largest absolute Gasteiger partial charge is 0.505 e. The van der Waals surface area contributed by atoms with Crippen molar-refractivity contribution in [1.82, 2.24) is 0 Å². The van der Waals surface area contributed by atoms with Gasteiger partial charge in [-0.3, -0.25) is 0 Å². The molecule has 0 aliphatic rings. The monoisotopic (exact) mass is 195 g/mol. The van der Waals surface area contributed by atoms with Crippen LogP contribution >= 0.6 is 0 Å². The lowest BCUT2D eigenvalue weighted by Crippen LogP contribution is -1.88. The first-order valence-electron chi connectivity index (χ1n) is 3.87. The van der Waals surface area contributed by atoms with Gasteiger partial charge in [0, 0.05) is 5.56 Å². The lowest BCUT2D eigenvalue weighted by molar-refractivity contribution is 0.406. The standard InChI is InChI=1S/C10H7F2NO/c11-9-7(3-1-2-6-13)4-5-8(14)10(9)12/h1,3-5,14H,2H2. The van der Waals surface area contributed by atoms with E-state index in [2.05, 4.69) is 0 Å². The van der Waals surface area contributed by atoms with Gasteiger partial charge in [0.05, 0.1) is 12.5 Å². The van der Waals surface area contributed by atoms with Crippen LogP contribution in [0.5, 0.6) is 5.75 Å². The highest BCUT2D eigenvalue weighted by atomic mass is 19.2. The highest BCUT2D eigenvalue weighted by Crippen LogP contribution is 2.21. The lowest BCUT2D eigenvalue weighted by atomic mass is 10.1. The van der Waals surface area contributed by atoms with Crippen molar-refractivity contribution in [2.45, 2.75) is 6.42 Å². The number of nitrogens with zero attached hydrogens (tertiary/aromatic N) is 1. The summed E-state index contributed by atoms with van der Waals surface area (Å²) in [6, 6.07) is 4.13. The van der Waals surface area contributed by atoms with E-state index in [9.17, 15) is 8.78 Å². The summed E-state index contributed by atoms with van der Waals surface area (Å²) in [4.78, 5) is 0. The van der Waals surface area contributed by atoms with Gasteiger partial charge in [-0.2, -0.15) is 9.65 Å². The Morgan fingerprint density at radius 2 is 2.07 bits per heavy atom. The van der Waals surface area contributed by atoms with Crippen molar-refractivity contribution in [2.75, 3.05) is 0 Å². The molecule has 14 heavy (non-hydrogen) atoms. The Bertz CT molecular complexity index is 407. The average Bonchev–Trinajstić information content (AvgIpc) is 2.18. The van der Waals surface area contributed by atoms with Gasteiger partial charge in [0.2, 0.25) is 5.82 Å². The molecule has 0 unspecified atom stereocenters. The second-order valence-electron chi connectivity index (χ2n) is 2.57. The number of allylic oxidation sites excluding steroid dienone is 1. The number of nitriles is 1. The van der Waals surface area contributed by atoms with Crippen LogP contribution in [0.1, 0.15) is 12.0 Å². The summed E-state index contributed by atoms with van der Waals surface area (Å²) in [6.07, 6.45) is 2.83. The molecule has 0 atom stereocenters. The smallest absolute Gasteiger partial charge is 0.200 e. The van der Waals surface area contributed by atoms with Crippen LogP contribution in [0.3, 0.4) is 0 Å². The third kappa shape index (κ3) is 2.07. The van der Waals surface area contributed by atoms with Crippen LogP contribution in [-0.2, 0) is 0 Å². The summed E-state index contributed by atoms with van der Waals surface area (Å²) in [7, 11) is 0. The maximum absolute atomic E-state index is 13.0. The van der Waals surface area contributed by atoms with E-state index in [0.717, 1.165) is 6.07 Å². The van der Waals surface area contributed by atoms with Crippen molar-refractivity contribution in [3.63, 3.8) is 0 Å². The zero-order valence-corrected chi connectivity index (χ0v) is 7.17. The molecule has 1 rings (SSSR count). The molecule has 0 saturated carbocycles. The molecule has 2 nitrogen and oxygen atoms in total. The third-order valence-electron chi connectivity index (χ3n) is 1.60. The van der Waals surface area contributed by atoms with Crippen LogP contribution in [0, 0.1) is 23.0 Å². The summed E-state index contributed by atoms with van der Waals surface area (Å²) < 4.78 is 25.8. The zero-order chi connectivity index (χ0) is 10.6. The van der Waals surface area contributed by atoms with Crippen LogP contribution in [0.25, 0.3) is 6.08 Å². The number of phenolic OH excluding ortho intramolecular Hbond substituents is 1. The van der Waals surface area contributed by atoms with Gasteiger partial charge >= 0.3 is 0 Å². The van der Waals surface area contributed by atoms with Crippen molar-refractivity contribution in [1.29, 1.82) is 5.26 Å². The molecule has 0 saturated heterocycles. The second-order valence-corrected chi connectivity index (χ2v) is 2.57. The maximum Gasteiger partial charge on any atom is 0.200 e. The van der Waals surface area contributed by atoms with Crippen molar-refractivity contribution in [3.8, 4) is 11.8 Å². The second kappa shape index (κ2) is 4.38. The van der Waals surface area contributed by atoms with Crippen molar-refractivity contribution < 1.29 is 13.9 Å². The van der Waals surface area contributed by atoms with Crippen LogP contribution in [0.2, 0.25) is 0 Å². The first kappa shape index (κ1) is 10.2. The first-order valence-corrected chi connectivity index (χ1v) is 3.87. The van der Waals surface area contributed by atoms with Gasteiger partial charge < -0.3 is 5.11 Å². The minimum atomic E-state index is -1.27. The van der Waals surface area contributed by atoms with Gasteiger partial charge in [-0.15, -0.1) is 0 Å². The number of hydrogen-bond acceptors (Lipinski definition) is 2. The number of benzene rings is 1. The molecule has 0 amide bonds. The Morgan fingerprint density at radius 3 is 2.71 bits per heavy atom. The third-order valence-corrected chi connectivity index (χ3v) is 1.60. The van der Waals surface area contributed by atoms with E-state index in [4.69, 9.17) is 10.4 Å². The summed E-state index contributed by atoms with van der Waals surface area (Å²) in [5.41, 5.74) is 0.00977. The molecule has 1 aromatic rings. The van der Waals surface area contributed by atoms with Gasteiger partial charge in [0.25, 0.3) is 0 Å². The summed E-state index contributed by atoms with van der Waals surface area (Å²) in [6.45, 7) is 0. The number of hydrogen-bond donors (Lipinski definition) is 1. The Kier molecular flexibility index (Phi) is 3.19. The Labute approximate surface area is 79.7 Å². The Balaban J connectivity index is 3.01. The van der Waals surface area contributed by atoms with Gasteiger partial charge in [0.1, 0.15) is 0 Å². The lowest BCUT2D eigenvalue weighted by Gasteiger charge is -1.99. The molecule has 0 fully saturated rings. The minimum Gasteiger partial charge on any atom is -0.505 e. The molecular weight excluding hydrogens is 188 g/mol. The Hall–Kier alpha value is -1.89. The van der Waals surface area contributed by atoms with Gasteiger partial charge in [0.15, 0.2) is 11.6 Å². The predicted octanol–water partition coefficient (Wildman–Crippen LogP) is 2.60. The van der Waals surface area contributed by atoms with E-state index in [-0.39, 0.29) is 12.0 Å². The minimum absolute atomic E-state index is 0.00977. The molecule has 72 valence electrons. The maximum atomic E-state index is 13.0. The van der Waals surface area contributed by atoms with Gasteiger partial charge in [-0.05, 0) is 12.1 Å². The number of halogens is 2. The molecule has 4 heteroatoms. The molecule has 0 aromatic heterocycles. The molecule has 0 radical (unpaired) electrons. The zero-order valence-electron chi connectivity index (χ0n) is 7.17. The number of rotatable bonds is 2. The van der Waals surface area contributed by atoms with E-state index in [1.54, 1.807) is 0 Å². The molecule has 1 N–H and O–H groups in total. The molecular formula is C10H7F2NO. The molecule has 0 spiro atoms. The average molecular weight is 195 g/mol. The van der Waals surface area contributed by atoms with E-state index in [1.807, 2.05) is 6.07 Å². The molecule has 1 aromatic carbocycles. The van der Waals surface area contributed by atoms with Crippen LogP contribution in [-0.4, -0.2) is 5.11 Å². The highest BCUT2D eigenvalue weighted by molar-refractivity contribution is 5.52. The van der Waals surface area contributed by atoms with Crippen LogP contribution < -0.4 is 0 Å². The fourth-order valence-electron chi connectivity index (χ4n) is 0.922. The fourth-order valence-corrected chi connectivity index (χ4v) is 0.922. The van der Waals surface area contributed by atoms with E-state index < -0.39 is 17.4 Å². The quantitative estimate of drug-likeness (QED) is 0.788. The number of phenols is 1. The van der Waals surface area contributed by atoms with E-state index in [1.165, 1.54) is 18.2 Å². The van der Waals surface area contributed by atoms with Crippen LogP contribution in [0.15, 0.2) is 18.2 Å².